The number of rotatable bonds is 5. The van der Waals surface area contributed by atoms with Crippen molar-refractivity contribution in [1.29, 1.82) is 0 Å². The number of furan rings is 1. The molecule has 2 aromatic rings. The molecule has 0 saturated heterocycles. The summed E-state index contributed by atoms with van der Waals surface area (Å²) in [6.07, 6.45) is 1.44. The highest BCUT2D eigenvalue weighted by Crippen LogP contribution is 2.25. The number of ether oxygens (including phenoxy) is 1. The Morgan fingerprint density at radius 2 is 1.95 bits per heavy atom. The number of benzene rings is 1. The zero-order valence-corrected chi connectivity index (χ0v) is 11.5. The van der Waals surface area contributed by atoms with E-state index in [4.69, 9.17) is 9.52 Å². The average Bonchev–Trinajstić information content (AvgIpc) is 2.93. The zero-order valence-electron chi connectivity index (χ0n) is 10.7. The monoisotopic (exact) mass is 292 g/mol. The number of carbonyl (C=O) groups is 2. The van der Waals surface area contributed by atoms with Gasteiger partial charge in [0.15, 0.2) is 0 Å². The fourth-order valence-corrected chi connectivity index (χ4v) is 2.45. The number of methoxy groups -OCH3 is 1. The van der Waals surface area contributed by atoms with E-state index >= 15 is 0 Å². The van der Waals surface area contributed by atoms with Gasteiger partial charge in [-0.3, -0.25) is 0 Å². The van der Waals surface area contributed by atoms with Gasteiger partial charge in [0.05, 0.1) is 18.9 Å². The molecule has 0 aliphatic rings. The Balaban J connectivity index is 2.04. The van der Waals surface area contributed by atoms with Crippen molar-refractivity contribution in [2.75, 3.05) is 7.11 Å². The van der Waals surface area contributed by atoms with Crippen LogP contribution in [0, 0.1) is 0 Å². The molecule has 2 rings (SSSR count). The van der Waals surface area contributed by atoms with E-state index in [0.717, 1.165) is 10.5 Å². The van der Waals surface area contributed by atoms with Crippen LogP contribution in [-0.2, 0) is 10.5 Å². The number of esters is 1. The Hall–Kier alpha value is -2.21. The minimum Gasteiger partial charge on any atom is -0.478 e. The Kier molecular flexibility index (Phi) is 4.47. The maximum atomic E-state index is 11.4. The van der Waals surface area contributed by atoms with Crippen LogP contribution in [0.2, 0.25) is 0 Å². The van der Waals surface area contributed by atoms with E-state index in [1.807, 2.05) is 0 Å². The molecule has 0 aliphatic heterocycles. The largest absolute Gasteiger partial charge is 0.478 e. The van der Waals surface area contributed by atoms with Gasteiger partial charge in [-0.1, -0.05) is 0 Å². The second kappa shape index (κ2) is 6.29. The van der Waals surface area contributed by atoms with Crippen molar-refractivity contribution in [3.05, 3.63) is 53.5 Å². The molecule has 0 bridgehead atoms. The maximum Gasteiger partial charge on any atom is 0.374 e. The number of aromatic carboxylic acids is 1. The molecule has 5 nitrogen and oxygen atoms in total. The summed E-state index contributed by atoms with van der Waals surface area (Å²) in [7, 11) is 1.30. The molecule has 0 aliphatic carbocycles. The highest BCUT2D eigenvalue weighted by molar-refractivity contribution is 7.98. The summed E-state index contributed by atoms with van der Waals surface area (Å²) in [6.45, 7) is 0. The fraction of sp³-hybridized carbons (Fsp3) is 0.143. The van der Waals surface area contributed by atoms with Gasteiger partial charge in [0.2, 0.25) is 5.76 Å². The molecule has 0 atom stereocenters. The van der Waals surface area contributed by atoms with Gasteiger partial charge in [-0.05, 0) is 30.3 Å². The van der Waals surface area contributed by atoms with Crippen molar-refractivity contribution in [2.24, 2.45) is 0 Å². The van der Waals surface area contributed by atoms with Crippen LogP contribution in [0.3, 0.4) is 0 Å². The molecule has 1 N–H and O–H groups in total. The van der Waals surface area contributed by atoms with Gasteiger partial charge < -0.3 is 14.3 Å². The fourth-order valence-electron chi connectivity index (χ4n) is 1.58. The third kappa shape index (κ3) is 3.21. The lowest BCUT2D eigenvalue weighted by Crippen LogP contribution is -2.02. The summed E-state index contributed by atoms with van der Waals surface area (Å²) < 4.78 is 9.71. The van der Waals surface area contributed by atoms with Gasteiger partial charge in [0.25, 0.3) is 0 Å². The van der Waals surface area contributed by atoms with Crippen LogP contribution in [0.4, 0.5) is 0 Å². The van der Waals surface area contributed by atoms with E-state index in [9.17, 15) is 9.59 Å². The first-order chi connectivity index (χ1) is 9.61. The van der Waals surface area contributed by atoms with Crippen molar-refractivity contribution < 1.29 is 23.8 Å². The Morgan fingerprint density at radius 1 is 1.25 bits per heavy atom. The summed E-state index contributed by atoms with van der Waals surface area (Å²) in [5, 5.41) is 8.81. The molecule has 0 fully saturated rings. The molecule has 20 heavy (non-hydrogen) atoms. The third-order valence-electron chi connectivity index (χ3n) is 2.61. The number of hydrogen-bond donors (Lipinski definition) is 1. The van der Waals surface area contributed by atoms with Crippen LogP contribution in [0.15, 0.2) is 45.9 Å². The van der Waals surface area contributed by atoms with E-state index in [0.29, 0.717) is 5.75 Å². The first kappa shape index (κ1) is 14.2. The number of thioether (sulfide) groups is 1. The number of carboxylic acids is 1. The van der Waals surface area contributed by atoms with Gasteiger partial charge in [-0.25, -0.2) is 9.59 Å². The molecule has 0 unspecified atom stereocenters. The Labute approximate surface area is 119 Å². The second-order valence-electron chi connectivity index (χ2n) is 3.88. The summed E-state index contributed by atoms with van der Waals surface area (Å²) >= 11 is 1.48. The van der Waals surface area contributed by atoms with Gasteiger partial charge in [0.1, 0.15) is 0 Å². The topological polar surface area (TPSA) is 76.7 Å². The number of hydrogen-bond acceptors (Lipinski definition) is 5. The van der Waals surface area contributed by atoms with Crippen LogP contribution in [0.1, 0.15) is 26.5 Å². The molecule has 0 spiro atoms. The molecular formula is C14H12O5S. The lowest BCUT2D eigenvalue weighted by molar-refractivity contribution is 0.0563. The standard InChI is InChI=1S/C14H12O5S/c1-18-14(17)12-10(6-7-19-12)8-20-11-4-2-9(3-5-11)13(15)16/h2-7H,8H2,1H3,(H,15,16). The van der Waals surface area contributed by atoms with Crippen molar-refractivity contribution in [3.63, 3.8) is 0 Å². The molecule has 0 saturated carbocycles. The summed E-state index contributed by atoms with van der Waals surface area (Å²) in [5.41, 5.74) is 0.983. The SMILES string of the molecule is COC(=O)c1occc1CSc1ccc(C(=O)O)cc1. The van der Waals surface area contributed by atoms with Gasteiger partial charge in [-0.15, -0.1) is 11.8 Å². The molecule has 0 radical (unpaired) electrons. The lowest BCUT2D eigenvalue weighted by atomic mass is 10.2. The quantitative estimate of drug-likeness (QED) is 0.674. The third-order valence-corrected chi connectivity index (χ3v) is 3.67. The summed E-state index contributed by atoms with van der Waals surface area (Å²) in [4.78, 5) is 23.1. The van der Waals surface area contributed by atoms with Crippen LogP contribution < -0.4 is 0 Å². The maximum absolute atomic E-state index is 11.4. The van der Waals surface area contributed by atoms with Crippen molar-refractivity contribution in [1.82, 2.24) is 0 Å². The average molecular weight is 292 g/mol. The van der Waals surface area contributed by atoms with Crippen LogP contribution in [0.25, 0.3) is 0 Å². The van der Waals surface area contributed by atoms with E-state index in [2.05, 4.69) is 4.74 Å². The summed E-state index contributed by atoms with van der Waals surface area (Å²) in [6, 6.07) is 8.26. The predicted molar refractivity (Wildman–Crippen MR) is 73.0 cm³/mol. The van der Waals surface area contributed by atoms with Crippen molar-refractivity contribution in [2.45, 2.75) is 10.6 Å². The normalized spacial score (nSPS) is 10.2. The van der Waals surface area contributed by atoms with Crippen molar-refractivity contribution >= 4 is 23.7 Å². The van der Waals surface area contributed by atoms with E-state index in [1.165, 1.54) is 25.1 Å². The summed E-state index contributed by atoms with van der Waals surface area (Å²) in [5.74, 6) is -0.730. The first-order valence-corrected chi connectivity index (χ1v) is 6.71. The minimum absolute atomic E-state index is 0.196. The Morgan fingerprint density at radius 3 is 2.55 bits per heavy atom. The first-order valence-electron chi connectivity index (χ1n) is 5.72. The van der Waals surface area contributed by atoms with E-state index < -0.39 is 11.9 Å². The smallest absolute Gasteiger partial charge is 0.374 e. The minimum atomic E-state index is -0.954. The molecule has 6 heteroatoms. The highest BCUT2D eigenvalue weighted by atomic mass is 32.2. The Bertz CT molecular complexity index is 615. The second-order valence-corrected chi connectivity index (χ2v) is 4.93. The zero-order chi connectivity index (χ0) is 14.5. The molecule has 1 aromatic carbocycles. The van der Waals surface area contributed by atoms with Gasteiger partial charge in [-0.2, -0.15) is 0 Å². The van der Waals surface area contributed by atoms with Gasteiger partial charge in [0, 0.05) is 16.2 Å². The molecule has 104 valence electrons. The lowest BCUT2D eigenvalue weighted by Gasteiger charge is -2.02. The predicted octanol–water partition coefficient (Wildman–Crippen LogP) is 3.06. The molecule has 1 aromatic heterocycles. The number of carbonyl (C=O) groups excluding carboxylic acids is 1. The van der Waals surface area contributed by atoms with Crippen LogP contribution in [-0.4, -0.2) is 24.2 Å². The molecule has 1 heterocycles. The van der Waals surface area contributed by atoms with Gasteiger partial charge >= 0.3 is 11.9 Å². The molecule has 0 amide bonds. The van der Waals surface area contributed by atoms with E-state index in [1.54, 1.807) is 30.3 Å². The van der Waals surface area contributed by atoms with Crippen LogP contribution >= 0.6 is 11.8 Å². The van der Waals surface area contributed by atoms with Crippen LogP contribution in [0.5, 0.6) is 0 Å². The van der Waals surface area contributed by atoms with E-state index in [-0.39, 0.29) is 11.3 Å². The highest BCUT2D eigenvalue weighted by Gasteiger charge is 2.15. The van der Waals surface area contributed by atoms with Crippen molar-refractivity contribution in [3.8, 4) is 0 Å². The molecular weight excluding hydrogens is 280 g/mol. The number of carboxylic acid groups (broad SMARTS) is 1.